The summed E-state index contributed by atoms with van der Waals surface area (Å²) in [5.74, 6) is -2.16. The molecule has 0 saturated carbocycles. The number of hydrogen-bond acceptors (Lipinski definition) is 3. The highest BCUT2D eigenvalue weighted by Gasteiger charge is 2.34. The molecule has 0 aromatic heterocycles. The van der Waals surface area contributed by atoms with E-state index < -0.39 is 23.6 Å². The monoisotopic (exact) mass is 312 g/mol. The summed E-state index contributed by atoms with van der Waals surface area (Å²) in [5.41, 5.74) is 0.253. The van der Waals surface area contributed by atoms with Crippen LogP contribution in [0.15, 0.2) is 29.5 Å². The number of carbonyl (C=O) groups is 1. The fourth-order valence-corrected chi connectivity index (χ4v) is 2.45. The van der Waals surface area contributed by atoms with Gasteiger partial charge in [-0.05, 0) is 38.2 Å². The summed E-state index contributed by atoms with van der Waals surface area (Å²) in [6.45, 7) is 3.42. The largest absolute Gasteiger partial charge is 0.463 e. The van der Waals surface area contributed by atoms with Crippen molar-refractivity contribution in [3.63, 3.8) is 0 Å². The van der Waals surface area contributed by atoms with Gasteiger partial charge in [-0.15, -0.1) is 0 Å². The molecular weight excluding hydrogens is 298 g/mol. The van der Waals surface area contributed by atoms with Gasteiger partial charge in [-0.3, -0.25) is 0 Å². The SMILES string of the molecule is CCOC(=O)C1=C(C)NC(=S)N[C@@H]1c1c(F)cccc1F. The fourth-order valence-electron chi connectivity index (χ4n) is 2.18. The predicted molar refractivity (Wildman–Crippen MR) is 77.3 cm³/mol. The van der Waals surface area contributed by atoms with Crippen molar-refractivity contribution in [2.24, 2.45) is 0 Å². The number of nitrogens with one attached hydrogen (secondary N) is 2. The zero-order chi connectivity index (χ0) is 15.6. The highest BCUT2D eigenvalue weighted by molar-refractivity contribution is 7.80. The molecule has 0 unspecified atom stereocenters. The number of thiocarbonyl (C=S) groups is 1. The molecule has 1 aliphatic heterocycles. The zero-order valence-electron chi connectivity index (χ0n) is 11.5. The zero-order valence-corrected chi connectivity index (χ0v) is 12.3. The van der Waals surface area contributed by atoms with E-state index in [1.807, 2.05) is 0 Å². The second kappa shape index (κ2) is 6.17. The van der Waals surface area contributed by atoms with Crippen LogP contribution in [0, 0.1) is 11.6 Å². The number of hydrogen-bond donors (Lipinski definition) is 2. The van der Waals surface area contributed by atoms with Crippen molar-refractivity contribution in [1.82, 2.24) is 10.6 Å². The maximum absolute atomic E-state index is 14.0. The summed E-state index contributed by atoms with van der Waals surface area (Å²) in [4.78, 5) is 12.1. The van der Waals surface area contributed by atoms with Crippen molar-refractivity contribution in [1.29, 1.82) is 0 Å². The van der Waals surface area contributed by atoms with Crippen molar-refractivity contribution in [3.8, 4) is 0 Å². The van der Waals surface area contributed by atoms with Crippen molar-refractivity contribution >= 4 is 23.3 Å². The average Bonchev–Trinajstić information content (AvgIpc) is 2.37. The molecule has 0 amide bonds. The van der Waals surface area contributed by atoms with Gasteiger partial charge in [-0.25, -0.2) is 13.6 Å². The molecule has 2 N–H and O–H groups in total. The van der Waals surface area contributed by atoms with E-state index >= 15 is 0 Å². The van der Waals surface area contributed by atoms with Crippen LogP contribution in [0.25, 0.3) is 0 Å². The van der Waals surface area contributed by atoms with Crippen LogP contribution in [-0.4, -0.2) is 17.7 Å². The van der Waals surface area contributed by atoms with E-state index in [0.29, 0.717) is 5.70 Å². The van der Waals surface area contributed by atoms with Gasteiger partial charge in [0.15, 0.2) is 5.11 Å². The van der Waals surface area contributed by atoms with E-state index in [4.69, 9.17) is 17.0 Å². The topological polar surface area (TPSA) is 50.4 Å². The normalized spacial score (nSPS) is 18.1. The van der Waals surface area contributed by atoms with Crippen molar-refractivity contribution < 1.29 is 18.3 Å². The summed E-state index contributed by atoms with van der Waals surface area (Å²) in [7, 11) is 0. The Balaban J connectivity index is 2.55. The first-order chi connectivity index (χ1) is 9.95. The summed E-state index contributed by atoms with van der Waals surface area (Å²) in [6.07, 6.45) is 0. The van der Waals surface area contributed by atoms with Crippen LogP contribution >= 0.6 is 12.2 Å². The van der Waals surface area contributed by atoms with Crippen LogP contribution in [0.3, 0.4) is 0 Å². The van der Waals surface area contributed by atoms with E-state index in [2.05, 4.69) is 10.6 Å². The van der Waals surface area contributed by atoms with Crippen LogP contribution in [0.1, 0.15) is 25.5 Å². The van der Waals surface area contributed by atoms with Crippen molar-refractivity contribution in [2.75, 3.05) is 6.61 Å². The van der Waals surface area contributed by atoms with Crippen molar-refractivity contribution in [2.45, 2.75) is 19.9 Å². The van der Waals surface area contributed by atoms with Gasteiger partial charge in [0, 0.05) is 5.70 Å². The van der Waals surface area contributed by atoms with E-state index in [1.165, 1.54) is 6.07 Å². The first-order valence-corrected chi connectivity index (χ1v) is 6.75. The molecule has 1 atom stereocenters. The molecule has 1 aromatic carbocycles. The van der Waals surface area contributed by atoms with Gasteiger partial charge < -0.3 is 15.4 Å². The summed E-state index contributed by atoms with van der Waals surface area (Å²) in [5, 5.41) is 5.67. The Bertz CT molecular complexity index is 611. The van der Waals surface area contributed by atoms with Crippen LogP contribution in [0.4, 0.5) is 8.78 Å². The molecule has 1 aromatic rings. The third-order valence-electron chi connectivity index (χ3n) is 3.05. The molecular formula is C14H14F2N2O2S. The number of benzene rings is 1. The van der Waals surface area contributed by atoms with Gasteiger partial charge in [0.1, 0.15) is 11.6 Å². The minimum Gasteiger partial charge on any atom is -0.463 e. The molecule has 0 bridgehead atoms. The van der Waals surface area contributed by atoms with Crippen LogP contribution in [0.5, 0.6) is 0 Å². The number of halogens is 2. The Hall–Kier alpha value is -2.02. The molecule has 0 saturated heterocycles. The van der Waals surface area contributed by atoms with Gasteiger partial charge in [0.2, 0.25) is 0 Å². The molecule has 2 rings (SSSR count). The lowest BCUT2D eigenvalue weighted by molar-refractivity contribution is -0.139. The highest BCUT2D eigenvalue weighted by atomic mass is 32.1. The average molecular weight is 312 g/mol. The van der Waals surface area contributed by atoms with Gasteiger partial charge >= 0.3 is 5.97 Å². The number of ether oxygens (including phenoxy) is 1. The Labute approximate surface area is 126 Å². The van der Waals surface area contributed by atoms with Gasteiger partial charge in [0.25, 0.3) is 0 Å². The molecule has 0 fully saturated rings. The van der Waals surface area contributed by atoms with Crippen LogP contribution < -0.4 is 10.6 Å². The third-order valence-corrected chi connectivity index (χ3v) is 3.27. The highest BCUT2D eigenvalue weighted by Crippen LogP contribution is 2.31. The molecule has 0 radical (unpaired) electrons. The maximum Gasteiger partial charge on any atom is 0.338 e. The van der Waals surface area contributed by atoms with Crippen molar-refractivity contribution in [3.05, 3.63) is 46.7 Å². The standard InChI is InChI=1S/C14H14F2N2O2S/c1-3-20-13(19)10-7(2)17-14(21)18-12(10)11-8(15)5-4-6-9(11)16/h4-6,12H,3H2,1-2H3,(H2,17,18,21)/t12-/m0/s1. The minimum absolute atomic E-state index is 0.106. The number of allylic oxidation sites excluding steroid dienone is 1. The molecule has 1 aliphatic rings. The van der Waals surface area contributed by atoms with Gasteiger partial charge in [0.05, 0.1) is 23.8 Å². The second-order valence-electron chi connectivity index (χ2n) is 4.43. The number of rotatable bonds is 3. The molecule has 112 valence electrons. The Morgan fingerprint density at radius 2 is 2.00 bits per heavy atom. The maximum atomic E-state index is 14.0. The molecule has 0 spiro atoms. The lowest BCUT2D eigenvalue weighted by atomic mass is 9.95. The fraction of sp³-hybridized carbons (Fsp3) is 0.286. The Morgan fingerprint density at radius 1 is 1.38 bits per heavy atom. The first kappa shape index (κ1) is 15.4. The van der Waals surface area contributed by atoms with Crippen LogP contribution in [0.2, 0.25) is 0 Å². The lowest BCUT2D eigenvalue weighted by Crippen LogP contribution is -2.45. The quantitative estimate of drug-likeness (QED) is 0.663. The number of esters is 1. The van der Waals surface area contributed by atoms with Gasteiger partial charge in [-0.1, -0.05) is 6.07 Å². The van der Waals surface area contributed by atoms with E-state index in [9.17, 15) is 13.6 Å². The molecule has 0 aliphatic carbocycles. The van der Waals surface area contributed by atoms with E-state index in [1.54, 1.807) is 13.8 Å². The summed E-state index contributed by atoms with van der Waals surface area (Å²) in [6, 6.07) is 2.49. The number of carbonyl (C=O) groups excluding carboxylic acids is 1. The van der Waals surface area contributed by atoms with Gasteiger partial charge in [-0.2, -0.15) is 0 Å². The second-order valence-corrected chi connectivity index (χ2v) is 4.83. The first-order valence-electron chi connectivity index (χ1n) is 6.35. The Morgan fingerprint density at radius 3 is 2.57 bits per heavy atom. The molecule has 1 heterocycles. The predicted octanol–water partition coefficient (Wildman–Crippen LogP) is 2.32. The smallest absolute Gasteiger partial charge is 0.338 e. The van der Waals surface area contributed by atoms with Crippen LogP contribution in [-0.2, 0) is 9.53 Å². The molecule has 21 heavy (non-hydrogen) atoms. The van der Waals surface area contributed by atoms with E-state index in [-0.39, 0.29) is 22.9 Å². The summed E-state index contributed by atoms with van der Waals surface area (Å²) < 4.78 is 32.9. The lowest BCUT2D eigenvalue weighted by Gasteiger charge is -2.30. The molecule has 7 heteroatoms. The third kappa shape index (κ3) is 3.02. The van der Waals surface area contributed by atoms with E-state index in [0.717, 1.165) is 12.1 Å². The molecule has 4 nitrogen and oxygen atoms in total. The minimum atomic E-state index is -1.03. The Kier molecular flexibility index (Phi) is 4.52. The summed E-state index contributed by atoms with van der Waals surface area (Å²) >= 11 is 5.00.